The molecule has 5 heteroatoms. The molecule has 0 saturated carbocycles. The van der Waals surface area contributed by atoms with Gasteiger partial charge in [-0.15, -0.1) is 12.4 Å². The zero-order chi connectivity index (χ0) is 10.5. The van der Waals surface area contributed by atoms with Crippen LogP contribution in [-0.4, -0.2) is 51.4 Å². The van der Waals surface area contributed by atoms with E-state index in [0.29, 0.717) is 33.0 Å². The van der Waals surface area contributed by atoms with E-state index in [0.717, 1.165) is 19.4 Å². The first kappa shape index (κ1) is 17.5. The van der Waals surface area contributed by atoms with Crippen molar-refractivity contribution in [3.05, 3.63) is 0 Å². The van der Waals surface area contributed by atoms with Crippen molar-refractivity contribution < 1.29 is 19.3 Å². The largest absolute Gasteiger partial charge is 0.394 e. The van der Waals surface area contributed by atoms with E-state index in [1.54, 1.807) is 0 Å². The molecule has 0 aliphatic rings. The van der Waals surface area contributed by atoms with Gasteiger partial charge >= 0.3 is 0 Å². The van der Waals surface area contributed by atoms with E-state index in [1.807, 2.05) is 0 Å². The number of ether oxygens (including phenoxy) is 3. The molecule has 0 radical (unpaired) electrons. The molecular weight excluding hydrogens is 220 g/mol. The van der Waals surface area contributed by atoms with Crippen molar-refractivity contribution in [2.24, 2.45) is 0 Å². The Morgan fingerprint density at radius 3 is 1.73 bits per heavy atom. The van der Waals surface area contributed by atoms with Crippen molar-refractivity contribution in [2.75, 3.05) is 46.2 Å². The molecule has 0 amide bonds. The molecule has 15 heavy (non-hydrogen) atoms. The summed E-state index contributed by atoms with van der Waals surface area (Å²) in [4.78, 5) is 0. The van der Waals surface area contributed by atoms with Crippen LogP contribution in [0.15, 0.2) is 0 Å². The Labute approximate surface area is 98.3 Å². The van der Waals surface area contributed by atoms with Gasteiger partial charge in [0.2, 0.25) is 0 Å². The molecule has 0 heterocycles. The van der Waals surface area contributed by atoms with Gasteiger partial charge in [-0.2, -0.15) is 0 Å². The van der Waals surface area contributed by atoms with E-state index in [-0.39, 0.29) is 19.0 Å². The van der Waals surface area contributed by atoms with E-state index in [1.165, 1.54) is 0 Å². The summed E-state index contributed by atoms with van der Waals surface area (Å²) in [6.45, 7) is 5.79. The summed E-state index contributed by atoms with van der Waals surface area (Å²) >= 11 is 0. The van der Waals surface area contributed by atoms with Crippen LogP contribution in [0.1, 0.15) is 19.8 Å². The van der Waals surface area contributed by atoms with E-state index in [9.17, 15) is 0 Å². The average molecular weight is 243 g/mol. The van der Waals surface area contributed by atoms with Crippen LogP contribution in [-0.2, 0) is 14.2 Å². The third-order valence-electron chi connectivity index (χ3n) is 1.62. The van der Waals surface area contributed by atoms with Gasteiger partial charge in [0, 0.05) is 6.61 Å². The summed E-state index contributed by atoms with van der Waals surface area (Å²) in [6, 6.07) is 0. The van der Waals surface area contributed by atoms with E-state index in [2.05, 4.69) is 6.92 Å². The molecule has 0 spiro atoms. The molecule has 0 aromatic carbocycles. The van der Waals surface area contributed by atoms with Crippen LogP contribution in [0.5, 0.6) is 0 Å². The van der Waals surface area contributed by atoms with Crippen molar-refractivity contribution in [2.45, 2.75) is 19.8 Å². The Kier molecular flexibility index (Phi) is 19.3. The number of unbranched alkanes of at least 4 members (excludes halogenated alkanes) is 1. The Hall–Kier alpha value is 0.130. The van der Waals surface area contributed by atoms with Crippen LogP contribution in [0.4, 0.5) is 0 Å². The summed E-state index contributed by atoms with van der Waals surface area (Å²) in [5.41, 5.74) is 0. The maximum absolute atomic E-state index is 8.40. The van der Waals surface area contributed by atoms with Crippen LogP contribution < -0.4 is 0 Å². The molecule has 94 valence electrons. The lowest BCUT2D eigenvalue weighted by Gasteiger charge is -2.05. The Morgan fingerprint density at radius 1 is 0.800 bits per heavy atom. The molecule has 4 nitrogen and oxygen atoms in total. The van der Waals surface area contributed by atoms with Crippen molar-refractivity contribution >= 4 is 12.4 Å². The number of halogens is 1. The highest BCUT2D eigenvalue weighted by atomic mass is 35.5. The lowest BCUT2D eigenvalue weighted by atomic mass is 10.4. The highest BCUT2D eigenvalue weighted by Gasteiger charge is 1.90. The molecule has 0 aliphatic heterocycles. The first-order chi connectivity index (χ1) is 6.91. The fourth-order valence-electron chi connectivity index (χ4n) is 0.853. The number of hydrogen-bond donors (Lipinski definition) is 1. The van der Waals surface area contributed by atoms with Gasteiger partial charge in [-0.3, -0.25) is 0 Å². The molecule has 0 saturated heterocycles. The van der Waals surface area contributed by atoms with Gasteiger partial charge < -0.3 is 19.3 Å². The van der Waals surface area contributed by atoms with Crippen LogP contribution >= 0.6 is 12.4 Å². The summed E-state index contributed by atoms with van der Waals surface area (Å²) in [6.07, 6.45) is 2.27. The SMILES string of the molecule is CCCCOCCOCCOCCO.Cl. The summed E-state index contributed by atoms with van der Waals surface area (Å²) in [5.74, 6) is 0. The molecule has 0 unspecified atom stereocenters. The third-order valence-corrected chi connectivity index (χ3v) is 1.62. The number of hydrogen-bond acceptors (Lipinski definition) is 4. The van der Waals surface area contributed by atoms with Gasteiger partial charge in [-0.1, -0.05) is 13.3 Å². The van der Waals surface area contributed by atoms with E-state index >= 15 is 0 Å². The minimum absolute atomic E-state index is 0. The Balaban J connectivity index is 0. The fourth-order valence-corrected chi connectivity index (χ4v) is 0.853. The standard InChI is InChI=1S/C10H22O4.ClH/c1-2-3-5-12-7-9-14-10-8-13-6-4-11;/h11H,2-10H2,1H3;1H. The summed E-state index contributed by atoms with van der Waals surface area (Å²) < 4.78 is 15.5. The van der Waals surface area contributed by atoms with Crippen LogP contribution in [0.2, 0.25) is 0 Å². The Morgan fingerprint density at radius 2 is 1.27 bits per heavy atom. The normalized spacial score (nSPS) is 10.0. The van der Waals surface area contributed by atoms with E-state index in [4.69, 9.17) is 19.3 Å². The van der Waals surface area contributed by atoms with Crippen molar-refractivity contribution in [1.82, 2.24) is 0 Å². The van der Waals surface area contributed by atoms with Crippen LogP contribution in [0, 0.1) is 0 Å². The minimum Gasteiger partial charge on any atom is -0.394 e. The fraction of sp³-hybridized carbons (Fsp3) is 1.00. The van der Waals surface area contributed by atoms with Gasteiger partial charge in [0.05, 0.1) is 39.6 Å². The summed E-state index contributed by atoms with van der Waals surface area (Å²) in [7, 11) is 0. The predicted octanol–water partition coefficient (Wildman–Crippen LogP) is 1.25. The van der Waals surface area contributed by atoms with Gasteiger partial charge in [-0.25, -0.2) is 0 Å². The number of aliphatic hydroxyl groups is 1. The molecule has 0 aromatic rings. The second kappa shape index (κ2) is 16.6. The molecule has 0 atom stereocenters. The maximum atomic E-state index is 8.40. The zero-order valence-electron chi connectivity index (χ0n) is 9.44. The van der Waals surface area contributed by atoms with Crippen molar-refractivity contribution in [3.63, 3.8) is 0 Å². The van der Waals surface area contributed by atoms with Crippen LogP contribution in [0.25, 0.3) is 0 Å². The van der Waals surface area contributed by atoms with Gasteiger partial charge in [0.15, 0.2) is 0 Å². The predicted molar refractivity (Wildman–Crippen MR) is 61.7 cm³/mol. The number of aliphatic hydroxyl groups excluding tert-OH is 1. The lowest BCUT2D eigenvalue weighted by molar-refractivity contribution is 0.00735. The van der Waals surface area contributed by atoms with Gasteiger partial charge in [0.1, 0.15) is 0 Å². The molecular formula is C10H23ClO4. The zero-order valence-corrected chi connectivity index (χ0v) is 10.3. The van der Waals surface area contributed by atoms with Crippen LogP contribution in [0.3, 0.4) is 0 Å². The molecule has 0 rings (SSSR count). The first-order valence-corrected chi connectivity index (χ1v) is 5.26. The molecule has 1 N–H and O–H groups in total. The van der Waals surface area contributed by atoms with E-state index < -0.39 is 0 Å². The quantitative estimate of drug-likeness (QED) is 0.554. The number of rotatable bonds is 11. The maximum Gasteiger partial charge on any atom is 0.0701 e. The highest BCUT2D eigenvalue weighted by molar-refractivity contribution is 5.85. The monoisotopic (exact) mass is 242 g/mol. The molecule has 0 bridgehead atoms. The van der Waals surface area contributed by atoms with Gasteiger partial charge in [-0.05, 0) is 6.42 Å². The topological polar surface area (TPSA) is 47.9 Å². The van der Waals surface area contributed by atoms with Crippen molar-refractivity contribution in [3.8, 4) is 0 Å². The molecule has 0 aliphatic carbocycles. The van der Waals surface area contributed by atoms with Crippen molar-refractivity contribution in [1.29, 1.82) is 0 Å². The second-order valence-electron chi connectivity index (χ2n) is 2.91. The molecule has 0 fully saturated rings. The van der Waals surface area contributed by atoms with Gasteiger partial charge in [0.25, 0.3) is 0 Å². The molecule has 0 aromatic heterocycles. The average Bonchev–Trinajstić information content (AvgIpc) is 2.21. The minimum atomic E-state index is 0. The first-order valence-electron chi connectivity index (χ1n) is 5.26. The highest BCUT2D eigenvalue weighted by Crippen LogP contribution is 1.87. The Bertz CT molecular complexity index is 91.4. The second-order valence-corrected chi connectivity index (χ2v) is 2.91. The smallest absolute Gasteiger partial charge is 0.0701 e. The summed E-state index contributed by atoms with van der Waals surface area (Å²) in [5, 5.41) is 8.40. The third kappa shape index (κ3) is 16.8. The lowest BCUT2D eigenvalue weighted by Crippen LogP contribution is -2.11.